The molecule has 3 rings (SSSR count). The summed E-state index contributed by atoms with van der Waals surface area (Å²) in [4.78, 5) is 14.8. The van der Waals surface area contributed by atoms with Crippen LogP contribution in [0.2, 0.25) is 0 Å². The van der Waals surface area contributed by atoms with E-state index in [-0.39, 0.29) is 17.9 Å². The quantitative estimate of drug-likeness (QED) is 0.916. The summed E-state index contributed by atoms with van der Waals surface area (Å²) in [6.07, 6.45) is 13.1. The lowest BCUT2D eigenvalue weighted by Gasteiger charge is -2.37. The summed E-state index contributed by atoms with van der Waals surface area (Å²) in [5.74, 6) is 0.523. The fourth-order valence-electron chi connectivity index (χ4n) is 3.65. The first-order chi connectivity index (χ1) is 12.0. The van der Waals surface area contributed by atoms with Crippen molar-refractivity contribution in [1.82, 2.24) is 4.90 Å². The Morgan fingerprint density at radius 3 is 2.40 bits per heavy atom. The van der Waals surface area contributed by atoms with Crippen LogP contribution in [0.5, 0.6) is 5.75 Å². The van der Waals surface area contributed by atoms with Crippen LogP contribution in [-0.4, -0.2) is 35.6 Å². The Hall–Kier alpha value is -2.33. The third kappa shape index (κ3) is 3.54. The molecule has 1 aromatic rings. The van der Waals surface area contributed by atoms with Gasteiger partial charge in [-0.05, 0) is 37.5 Å². The first-order valence-corrected chi connectivity index (χ1v) is 8.73. The van der Waals surface area contributed by atoms with E-state index in [0.717, 1.165) is 24.2 Å². The third-order valence-corrected chi connectivity index (χ3v) is 5.11. The fraction of sp³-hybridized carbons (Fsp3) is 0.381. The number of rotatable bonds is 4. The molecular formula is C21H25NO3. The van der Waals surface area contributed by atoms with E-state index in [4.69, 9.17) is 4.74 Å². The molecule has 0 spiro atoms. The molecule has 0 bridgehead atoms. The number of allylic oxidation sites excluding steroid dienone is 4. The van der Waals surface area contributed by atoms with Crippen molar-refractivity contribution in [2.24, 2.45) is 5.92 Å². The molecule has 1 aliphatic carbocycles. The molecule has 1 heterocycles. The van der Waals surface area contributed by atoms with Crippen molar-refractivity contribution >= 4 is 5.91 Å². The molecule has 2 aliphatic rings. The smallest absolute Gasteiger partial charge is 0.233 e. The predicted molar refractivity (Wildman–Crippen MR) is 98.2 cm³/mol. The van der Waals surface area contributed by atoms with Crippen molar-refractivity contribution in [3.8, 4) is 5.75 Å². The number of aliphatic hydroxyl groups is 1. The number of amides is 1. The van der Waals surface area contributed by atoms with Crippen LogP contribution in [0, 0.1) is 5.92 Å². The second kappa shape index (κ2) is 7.28. The zero-order chi connectivity index (χ0) is 17.9. The normalized spacial score (nSPS) is 22.7. The van der Waals surface area contributed by atoms with E-state index >= 15 is 0 Å². The van der Waals surface area contributed by atoms with E-state index in [0.29, 0.717) is 6.54 Å². The van der Waals surface area contributed by atoms with E-state index in [1.807, 2.05) is 65.6 Å². The zero-order valence-electron chi connectivity index (χ0n) is 14.8. The Bertz CT molecular complexity index is 684. The van der Waals surface area contributed by atoms with E-state index < -0.39 is 5.60 Å². The van der Waals surface area contributed by atoms with Gasteiger partial charge in [0.15, 0.2) is 0 Å². The van der Waals surface area contributed by atoms with Gasteiger partial charge in [-0.2, -0.15) is 0 Å². The summed E-state index contributed by atoms with van der Waals surface area (Å²) in [6, 6.07) is 7.19. The Labute approximate surface area is 149 Å². The molecule has 1 saturated heterocycles. The fourth-order valence-corrected chi connectivity index (χ4v) is 3.65. The number of nitrogens with zero attached hydrogens (tertiary/aromatic N) is 1. The molecule has 2 atom stereocenters. The number of hydrogen-bond donors (Lipinski definition) is 1. The van der Waals surface area contributed by atoms with Crippen molar-refractivity contribution in [2.75, 3.05) is 13.7 Å². The highest BCUT2D eigenvalue weighted by atomic mass is 16.5. The molecular weight excluding hydrogens is 314 g/mol. The molecule has 4 nitrogen and oxygen atoms in total. The first kappa shape index (κ1) is 17.5. The van der Waals surface area contributed by atoms with Crippen LogP contribution in [-0.2, 0) is 10.4 Å². The Morgan fingerprint density at radius 2 is 1.80 bits per heavy atom. The average molecular weight is 339 g/mol. The minimum absolute atomic E-state index is 0.0486. The van der Waals surface area contributed by atoms with Crippen LogP contribution in [0.4, 0.5) is 0 Å². The number of hydrogen-bond acceptors (Lipinski definition) is 3. The molecule has 0 radical (unpaired) electrons. The molecule has 4 heteroatoms. The Morgan fingerprint density at radius 1 is 1.16 bits per heavy atom. The molecule has 1 N–H and O–H groups in total. The zero-order valence-corrected chi connectivity index (χ0v) is 14.8. The number of carbonyl (C=O) groups excluding carboxylic acids is 1. The summed E-state index contributed by atoms with van der Waals surface area (Å²) >= 11 is 0. The number of ether oxygens (including phenoxy) is 1. The maximum atomic E-state index is 13.0. The van der Waals surface area contributed by atoms with Crippen LogP contribution >= 0.6 is 0 Å². The SMILES string of the molecule is COc1ccc([C@@](C)(O)[C@H]2CCCN2C(=O)C2C=CC=CC=C2)cc1. The molecule has 1 aromatic carbocycles. The molecule has 1 aliphatic heterocycles. The predicted octanol–water partition coefficient (Wildman–Crippen LogP) is 3.19. The second-order valence-electron chi connectivity index (χ2n) is 6.75. The van der Waals surface area contributed by atoms with Gasteiger partial charge in [0.05, 0.1) is 19.1 Å². The molecule has 25 heavy (non-hydrogen) atoms. The largest absolute Gasteiger partial charge is 0.497 e. The summed E-state index contributed by atoms with van der Waals surface area (Å²) in [5.41, 5.74) is -0.305. The highest BCUT2D eigenvalue weighted by molar-refractivity contribution is 5.83. The van der Waals surface area contributed by atoms with Gasteiger partial charge in [-0.15, -0.1) is 0 Å². The number of carbonyl (C=O) groups is 1. The van der Waals surface area contributed by atoms with Gasteiger partial charge in [0.1, 0.15) is 11.4 Å². The number of benzene rings is 1. The topological polar surface area (TPSA) is 49.8 Å². The standard InChI is InChI=1S/C21H25NO3/c1-21(24,17-11-13-18(25-2)14-12-17)19-10-7-15-22(19)20(23)16-8-5-3-4-6-9-16/h3-6,8-9,11-14,16,19,24H,7,10,15H2,1-2H3/t19-,21-/m1/s1. The number of likely N-dealkylation sites (tertiary alicyclic amines) is 1. The lowest BCUT2D eigenvalue weighted by Crippen LogP contribution is -2.49. The number of methoxy groups -OCH3 is 1. The Kier molecular flexibility index (Phi) is 5.09. The first-order valence-electron chi connectivity index (χ1n) is 8.73. The Balaban J connectivity index is 1.83. The molecule has 0 saturated carbocycles. The maximum Gasteiger partial charge on any atom is 0.233 e. The van der Waals surface area contributed by atoms with Gasteiger partial charge in [-0.1, -0.05) is 48.6 Å². The van der Waals surface area contributed by atoms with Crippen LogP contribution in [0.3, 0.4) is 0 Å². The molecule has 0 unspecified atom stereocenters. The van der Waals surface area contributed by atoms with Crippen LogP contribution in [0.1, 0.15) is 25.3 Å². The summed E-state index contributed by atoms with van der Waals surface area (Å²) < 4.78 is 5.19. The van der Waals surface area contributed by atoms with Crippen LogP contribution in [0.25, 0.3) is 0 Å². The summed E-state index contributed by atoms with van der Waals surface area (Å²) in [6.45, 7) is 2.48. The van der Waals surface area contributed by atoms with Gasteiger partial charge >= 0.3 is 0 Å². The van der Waals surface area contributed by atoms with Crippen molar-refractivity contribution in [3.63, 3.8) is 0 Å². The van der Waals surface area contributed by atoms with Crippen molar-refractivity contribution in [1.29, 1.82) is 0 Å². The van der Waals surface area contributed by atoms with Gasteiger partial charge in [0, 0.05) is 6.54 Å². The molecule has 132 valence electrons. The lowest BCUT2D eigenvalue weighted by molar-refractivity contribution is -0.139. The van der Waals surface area contributed by atoms with Crippen LogP contribution in [0.15, 0.2) is 60.7 Å². The summed E-state index contributed by atoms with van der Waals surface area (Å²) in [7, 11) is 1.62. The lowest BCUT2D eigenvalue weighted by atomic mass is 9.86. The van der Waals surface area contributed by atoms with Crippen molar-refractivity contribution < 1.29 is 14.6 Å². The second-order valence-corrected chi connectivity index (χ2v) is 6.75. The average Bonchev–Trinajstić information content (AvgIpc) is 2.98. The van der Waals surface area contributed by atoms with Gasteiger partial charge in [-0.25, -0.2) is 0 Å². The van der Waals surface area contributed by atoms with E-state index in [1.165, 1.54) is 0 Å². The minimum atomic E-state index is -1.10. The van der Waals surface area contributed by atoms with E-state index in [2.05, 4.69) is 0 Å². The van der Waals surface area contributed by atoms with E-state index in [1.54, 1.807) is 14.0 Å². The monoisotopic (exact) mass is 339 g/mol. The third-order valence-electron chi connectivity index (χ3n) is 5.11. The van der Waals surface area contributed by atoms with Gasteiger partial charge in [0.2, 0.25) is 5.91 Å². The van der Waals surface area contributed by atoms with E-state index in [9.17, 15) is 9.90 Å². The molecule has 1 fully saturated rings. The highest BCUT2D eigenvalue weighted by Crippen LogP contribution is 2.36. The van der Waals surface area contributed by atoms with Gasteiger partial charge in [0.25, 0.3) is 0 Å². The van der Waals surface area contributed by atoms with Crippen LogP contribution < -0.4 is 4.74 Å². The molecule has 1 amide bonds. The summed E-state index contributed by atoms with van der Waals surface area (Å²) in [5, 5.41) is 11.2. The van der Waals surface area contributed by atoms with Gasteiger partial charge in [-0.3, -0.25) is 4.79 Å². The minimum Gasteiger partial charge on any atom is -0.497 e. The van der Waals surface area contributed by atoms with Crippen molar-refractivity contribution in [3.05, 3.63) is 66.3 Å². The molecule has 0 aromatic heterocycles. The van der Waals surface area contributed by atoms with Crippen molar-refractivity contribution in [2.45, 2.75) is 31.4 Å². The maximum absolute atomic E-state index is 13.0. The highest BCUT2D eigenvalue weighted by Gasteiger charge is 2.43. The van der Waals surface area contributed by atoms with Gasteiger partial charge < -0.3 is 14.7 Å².